The van der Waals surface area contributed by atoms with Crippen LogP contribution in [0, 0.1) is 5.92 Å². The highest BCUT2D eigenvalue weighted by Gasteiger charge is 2.24. The Kier molecular flexibility index (Phi) is 8.39. The van der Waals surface area contributed by atoms with Crippen LogP contribution in [0.15, 0.2) is 24.3 Å². The number of hydrogen-bond acceptors (Lipinski definition) is 4. The fourth-order valence-electron chi connectivity index (χ4n) is 3.30. The third-order valence-corrected chi connectivity index (χ3v) is 4.79. The smallest absolute Gasteiger partial charge is 0.253 e. The fraction of sp³-hybridized carbons (Fsp3) is 0.667. The zero-order valence-electron chi connectivity index (χ0n) is 16.7. The molecule has 0 bridgehead atoms. The van der Waals surface area contributed by atoms with E-state index in [0.717, 1.165) is 37.2 Å². The summed E-state index contributed by atoms with van der Waals surface area (Å²) in [7, 11) is 4.11. The van der Waals surface area contributed by atoms with Gasteiger partial charge in [-0.15, -0.1) is 0 Å². The Labute approximate surface area is 158 Å². The summed E-state index contributed by atoms with van der Waals surface area (Å²) in [5.74, 6) is 1.42. The molecule has 0 spiro atoms. The van der Waals surface area contributed by atoms with Gasteiger partial charge in [0.2, 0.25) is 0 Å². The molecule has 1 aliphatic rings. The molecule has 1 N–H and O–H groups in total. The quantitative estimate of drug-likeness (QED) is 0.676. The molecule has 1 fully saturated rings. The Morgan fingerprint density at radius 2 is 2.00 bits per heavy atom. The van der Waals surface area contributed by atoms with E-state index in [9.17, 15) is 4.79 Å². The van der Waals surface area contributed by atoms with Crippen LogP contribution in [0.2, 0.25) is 0 Å². The summed E-state index contributed by atoms with van der Waals surface area (Å²) < 4.78 is 11.7. The minimum atomic E-state index is -0.438. The van der Waals surface area contributed by atoms with E-state index in [1.807, 2.05) is 31.2 Å². The zero-order chi connectivity index (χ0) is 18.9. The number of hydrogen-bond donors (Lipinski definition) is 1. The first-order valence-corrected chi connectivity index (χ1v) is 9.78. The molecule has 0 radical (unpaired) electrons. The van der Waals surface area contributed by atoms with Crippen LogP contribution < -0.4 is 10.1 Å². The summed E-state index contributed by atoms with van der Waals surface area (Å²) in [4.78, 5) is 14.5. The molecule has 1 saturated carbocycles. The third kappa shape index (κ3) is 7.34. The molecule has 1 aromatic rings. The van der Waals surface area contributed by atoms with Crippen LogP contribution >= 0.6 is 0 Å². The highest BCUT2D eigenvalue weighted by molar-refractivity contribution is 5.93. The van der Waals surface area contributed by atoms with Gasteiger partial charge in [-0.1, -0.05) is 19.8 Å². The lowest BCUT2D eigenvalue weighted by Crippen LogP contribution is -2.33. The predicted octanol–water partition coefficient (Wildman–Crippen LogP) is 3.94. The maximum Gasteiger partial charge on any atom is 0.253 e. The molecule has 146 valence electrons. The van der Waals surface area contributed by atoms with Crippen molar-refractivity contribution in [3.05, 3.63) is 24.3 Å². The number of nitrogens with zero attached hydrogens (tertiary/aromatic N) is 1. The van der Waals surface area contributed by atoms with Gasteiger partial charge in [-0.25, -0.2) is 0 Å². The van der Waals surface area contributed by atoms with E-state index in [0.29, 0.717) is 12.5 Å². The van der Waals surface area contributed by atoms with Crippen molar-refractivity contribution in [2.45, 2.75) is 58.2 Å². The second-order valence-corrected chi connectivity index (χ2v) is 7.69. The van der Waals surface area contributed by atoms with Crippen molar-refractivity contribution in [1.29, 1.82) is 0 Å². The third-order valence-electron chi connectivity index (χ3n) is 4.79. The van der Waals surface area contributed by atoms with Crippen molar-refractivity contribution in [3.63, 3.8) is 0 Å². The summed E-state index contributed by atoms with van der Waals surface area (Å²) in [5, 5.41) is 2.93. The Balaban J connectivity index is 1.73. The summed E-state index contributed by atoms with van der Waals surface area (Å²) in [6, 6.07) is 7.52. The van der Waals surface area contributed by atoms with Gasteiger partial charge in [0.25, 0.3) is 5.91 Å². The molecule has 0 aliphatic heterocycles. The Morgan fingerprint density at radius 3 is 2.65 bits per heavy atom. The second-order valence-electron chi connectivity index (χ2n) is 7.69. The summed E-state index contributed by atoms with van der Waals surface area (Å²) in [5.41, 5.74) is 0.767. The fourth-order valence-corrected chi connectivity index (χ4v) is 3.30. The number of rotatable bonds is 9. The molecule has 0 heterocycles. The van der Waals surface area contributed by atoms with E-state index in [2.05, 4.69) is 31.2 Å². The molecular weight excluding hydrogens is 328 g/mol. The molecule has 0 aromatic heterocycles. The predicted molar refractivity (Wildman–Crippen MR) is 106 cm³/mol. The van der Waals surface area contributed by atoms with Gasteiger partial charge >= 0.3 is 0 Å². The number of carbonyl (C=O) groups is 1. The van der Waals surface area contributed by atoms with Crippen molar-refractivity contribution in [3.8, 4) is 5.75 Å². The molecule has 5 heteroatoms. The summed E-state index contributed by atoms with van der Waals surface area (Å²) in [6.07, 6.45) is 5.32. The minimum absolute atomic E-state index is 0.0946. The molecule has 0 saturated heterocycles. The van der Waals surface area contributed by atoms with Crippen LogP contribution in [0.1, 0.15) is 46.0 Å². The van der Waals surface area contributed by atoms with Gasteiger partial charge in [0.1, 0.15) is 11.9 Å². The molecule has 26 heavy (non-hydrogen) atoms. The molecule has 5 nitrogen and oxygen atoms in total. The lowest BCUT2D eigenvalue weighted by molar-refractivity contribution is -0.131. The first-order chi connectivity index (χ1) is 12.4. The largest absolute Gasteiger partial charge is 0.494 e. The summed E-state index contributed by atoms with van der Waals surface area (Å²) >= 11 is 0. The molecule has 1 aliphatic carbocycles. The van der Waals surface area contributed by atoms with E-state index < -0.39 is 6.10 Å². The van der Waals surface area contributed by atoms with Crippen molar-refractivity contribution in [1.82, 2.24) is 4.90 Å². The van der Waals surface area contributed by atoms with Gasteiger partial charge in [-0.2, -0.15) is 0 Å². The molecular formula is C21H34N2O3. The van der Waals surface area contributed by atoms with Crippen LogP contribution in [0.25, 0.3) is 0 Å². The molecule has 3 atom stereocenters. The van der Waals surface area contributed by atoms with E-state index in [1.165, 1.54) is 12.8 Å². The molecule has 2 rings (SSSR count). The highest BCUT2D eigenvalue weighted by Crippen LogP contribution is 2.26. The van der Waals surface area contributed by atoms with E-state index in [4.69, 9.17) is 9.47 Å². The van der Waals surface area contributed by atoms with Gasteiger partial charge in [0, 0.05) is 12.2 Å². The number of benzene rings is 1. The lowest BCUT2D eigenvalue weighted by atomic mass is 9.88. The molecule has 3 unspecified atom stereocenters. The number of nitrogens with one attached hydrogen (secondary N) is 1. The standard InChI is InChI=1S/C21H34N2O3/c1-16-7-5-8-20(15-16)26-17(2)21(24)22-18-9-11-19(12-10-18)25-14-6-13-23(3)4/h9-12,16-17,20H,5-8,13-15H2,1-4H3,(H,22,24). The highest BCUT2D eigenvalue weighted by atomic mass is 16.5. The topological polar surface area (TPSA) is 50.8 Å². The van der Waals surface area contributed by atoms with Gasteiger partial charge in [-0.05, 0) is 70.5 Å². The number of anilines is 1. The van der Waals surface area contributed by atoms with Crippen molar-refractivity contribution in [2.75, 3.05) is 32.6 Å². The maximum absolute atomic E-state index is 12.4. The average molecular weight is 363 g/mol. The maximum atomic E-state index is 12.4. The zero-order valence-corrected chi connectivity index (χ0v) is 16.7. The van der Waals surface area contributed by atoms with Crippen molar-refractivity contribution < 1.29 is 14.3 Å². The van der Waals surface area contributed by atoms with Crippen LogP contribution in [-0.2, 0) is 9.53 Å². The Hall–Kier alpha value is -1.59. The normalized spacial score (nSPS) is 21.4. The first kappa shape index (κ1) is 20.7. The molecule has 1 amide bonds. The van der Waals surface area contributed by atoms with E-state index >= 15 is 0 Å². The van der Waals surface area contributed by atoms with Gasteiger partial charge in [0.15, 0.2) is 0 Å². The summed E-state index contributed by atoms with van der Waals surface area (Å²) in [6.45, 7) is 5.78. The van der Waals surface area contributed by atoms with Gasteiger partial charge in [-0.3, -0.25) is 4.79 Å². The van der Waals surface area contributed by atoms with Crippen LogP contribution in [-0.4, -0.2) is 50.3 Å². The Bertz CT molecular complexity index is 545. The molecule has 1 aromatic carbocycles. The first-order valence-electron chi connectivity index (χ1n) is 9.78. The SMILES string of the molecule is CC1CCCC(OC(C)C(=O)Nc2ccc(OCCCN(C)C)cc2)C1. The van der Waals surface area contributed by atoms with Crippen molar-refractivity contribution in [2.24, 2.45) is 5.92 Å². The van der Waals surface area contributed by atoms with Crippen molar-refractivity contribution >= 4 is 11.6 Å². The van der Waals surface area contributed by atoms with Crippen LogP contribution in [0.3, 0.4) is 0 Å². The van der Waals surface area contributed by atoms with Crippen LogP contribution in [0.5, 0.6) is 5.75 Å². The number of carbonyl (C=O) groups excluding carboxylic acids is 1. The monoisotopic (exact) mass is 362 g/mol. The van der Waals surface area contributed by atoms with Gasteiger partial charge < -0.3 is 19.7 Å². The number of ether oxygens (including phenoxy) is 2. The minimum Gasteiger partial charge on any atom is -0.494 e. The number of amides is 1. The average Bonchev–Trinajstić information content (AvgIpc) is 2.60. The second kappa shape index (κ2) is 10.5. The lowest BCUT2D eigenvalue weighted by Gasteiger charge is -2.29. The van der Waals surface area contributed by atoms with E-state index in [-0.39, 0.29) is 12.0 Å². The van der Waals surface area contributed by atoms with E-state index in [1.54, 1.807) is 0 Å². The van der Waals surface area contributed by atoms with Crippen LogP contribution in [0.4, 0.5) is 5.69 Å². The Morgan fingerprint density at radius 1 is 1.27 bits per heavy atom. The van der Waals surface area contributed by atoms with Gasteiger partial charge in [0.05, 0.1) is 12.7 Å².